The van der Waals surface area contributed by atoms with Crippen molar-refractivity contribution in [2.24, 2.45) is 0 Å². The molecule has 1 aromatic heterocycles. The summed E-state index contributed by atoms with van der Waals surface area (Å²) in [4.78, 5) is 1.40. The van der Waals surface area contributed by atoms with Crippen LogP contribution >= 0.6 is 11.3 Å². The molecule has 0 fully saturated rings. The van der Waals surface area contributed by atoms with Gasteiger partial charge in [0.25, 0.3) is 0 Å². The zero-order valence-electron chi connectivity index (χ0n) is 11.5. The topological polar surface area (TPSA) is 32.3 Å². The number of halogens is 2. The molecule has 3 rings (SSSR count). The Balaban J connectivity index is 1.64. The minimum atomic E-state index is -0.927. The van der Waals surface area contributed by atoms with Crippen molar-refractivity contribution >= 4 is 11.3 Å². The average Bonchev–Trinajstić information content (AvgIpc) is 2.96. The predicted molar refractivity (Wildman–Crippen MR) is 79.3 cm³/mol. The lowest BCUT2D eigenvalue weighted by Crippen LogP contribution is -2.28. The van der Waals surface area contributed by atoms with Crippen molar-refractivity contribution in [3.63, 3.8) is 0 Å². The van der Waals surface area contributed by atoms with Gasteiger partial charge >= 0.3 is 0 Å². The quantitative estimate of drug-likeness (QED) is 0.902. The largest absolute Gasteiger partial charge is 0.387 e. The Morgan fingerprint density at radius 3 is 2.95 bits per heavy atom. The molecule has 0 spiro atoms. The Kier molecular flexibility index (Phi) is 4.33. The summed E-state index contributed by atoms with van der Waals surface area (Å²) in [5.74, 6) is -1.82. The molecular formula is C16H17F2NOS. The first-order chi connectivity index (χ1) is 10.1. The molecule has 1 aliphatic rings. The first-order valence-corrected chi connectivity index (χ1v) is 7.96. The summed E-state index contributed by atoms with van der Waals surface area (Å²) in [5.41, 5.74) is 1.70. The van der Waals surface area contributed by atoms with Crippen LogP contribution in [0.2, 0.25) is 0 Å². The summed E-state index contributed by atoms with van der Waals surface area (Å²) in [7, 11) is 0. The van der Waals surface area contributed by atoms with E-state index in [4.69, 9.17) is 0 Å². The van der Waals surface area contributed by atoms with Gasteiger partial charge < -0.3 is 10.4 Å². The van der Waals surface area contributed by atoms with Gasteiger partial charge in [0.05, 0.1) is 6.10 Å². The maximum atomic E-state index is 13.2. The number of fused-ring (bicyclic) bond motifs is 1. The van der Waals surface area contributed by atoms with Crippen molar-refractivity contribution < 1.29 is 13.9 Å². The number of aliphatic hydroxyl groups excluding tert-OH is 1. The summed E-state index contributed by atoms with van der Waals surface area (Å²) in [6, 6.07) is 5.88. The summed E-state index contributed by atoms with van der Waals surface area (Å²) in [5, 5.41) is 15.5. The molecule has 5 heteroatoms. The van der Waals surface area contributed by atoms with Gasteiger partial charge in [-0.3, -0.25) is 0 Å². The third kappa shape index (κ3) is 3.15. The average molecular weight is 309 g/mol. The molecule has 0 saturated heterocycles. The molecule has 0 aliphatic heterocycles. The summed E-state index contributed by atoms with van der Waals surface area (Å²) in [6.45, 7) is 0.324. The molecule has 0 bridgehead atoms. The fourth-order valence-electron chi connectivity index (χ4n) is 2.79. The SMILES string of the molecule is OC(CNC1CCCc2sccc21)c1ccc(F)c(F)c1. The summed E-state index contributed by atoms with van der Waals surface area (Å²) >= 11 is 1.77. The number of hydrogen-bond donors (Lipinski definition) is 2. The summed E-state index contributed by atoms with van der Waals surface area (Å²) in [6.07, 6.45) is 2.45. The second-order valence-corrected chi connectivity index (χ2v) is 6.34. The van der Waals surface area contributed by atoms with Crippen LogP contribution in [-0.2, 0) is 6.42 Å². The smallest absolute Gasteiger partial charge is 0.159 e. The highest BCUT2D eigenvalue weighted by Crippen LogP contribution is 2.33. The van der Waals surface area contributed by atoms with Crippen molar-refractivity contribution in [3.8, 4) is 0 Å². The number of nitrogens with one attached hydrogen (secondary N) is 1. The van der Waals surface area contributed by atoms with Crippen LogP contribution in [0, 0.1) is 11.6 Å². The van der Waals surface area contributed by atoms with Gasteiger partial charge in [0.15, 0.2) is 11.6 Å². The van der Waals surface area contributed by atoms with Gasteiger partial charge in [-0.05, 0) is 54.0 Å². The van der Waals surface area contributed by atoms with E-state index in [2.05, 4.69) is 16.8 Å². The van der Waals surface area contributed by atoms with Crippen molar-refractivity contribution in [2.75, 3.05) is 6.54 Å². The first kappa shape index (κ1) is 14.6. The third-order valence-corrected chi connectivity index (χ3v) is 4.93. The number of thiophene rings is 1. The maximum absolute atomic E-state index is 13.2. The van der Waals surface area contributed by atoms with Crippen LogP contribution in [0.25, 0.3) is 0 Å². The zero-order chi connectivity index (χ0) is 14.8. The van der Waals surface area contributed by atoms with E-state index in [1.807, 2.05) is 0 Å². The van der Waals surface area contributed by atoms with E-state index in [0.717, 1.165) is 31.4 Å². The van der Waals surface area contributed by atoms with Gasteiger partial charge in [0, 0.05) is 17.5 Å². The van der Waals surface area contributed by atoms with Crippen LogP contribution in [0.5, 0.6) is 0 Å². The van der Waals surface area contributed by atoms with Gasteiger partial charge in [0.1, 0.15) is 0 Å². The number of aliphatic hydroxyl groups is 1. The lowest BCUT2D eigenvalue weighted by Gasteiger charge is -2.25. The Bertz CT molecular complexity index is 628. The molecule has 2 aromatic rings. The minimum absolute atomic E-state index is 0.236. The summed E-state index contributed by atoms with van der Waals surface area (Å²) < 4.78 is 26.1. The number of benzene rings is 1. The van der Waals surface area contributed by atoms with Crippen molar-refractivity contribution in [1.29, 1.82) is 0 Å². The van der Waals surface area contributed by atoms with Gasteiger partial charge in [-0.2, -0.15) is 0 Å². The molecule has 21 heavy (non-hydrogen) atoms. The van der Waals surface area contributed by atoms with E-state index < -0.39 is 17.7 Å². The van der Waals surface area contributed by atoms with Crippen molar-refractivity contribution in [1.82, 2.24) is 5.32 Å². The zero-order valence-corrected chi connectivity index (χ0v) is 12.3. The Hall–Kier alpha value is -1.30. The molecule has 2 unspecified atom stereocenters. The second-order valence-electron chi connectivity index (χ2n) is 5.34. The molecule has 112 valence electrons. The molecule has 0 radical (unpaired) electrons. The second kappa shape index (κ2) is 6.22. The van der Waals surface area contributed by atoms with Crippen LogP contribution in [0.1, 0.15) is 41.0 Å². The van der Waals surface area contributed by atoms with Gasteiger partial charge in [-0.25, -0.2) is 8.78 Å². The molecule has 1 aliphatic carbocycles. The molecule has 1 heterocycles. The van der Waals surface area contributed by atoms with Gasteiger partial charge in [-0.1, -0.05) is 6.07 Å². The molecule has 2 atom stereocenters. The molecule has 2 N–H and O–H groups in total. The lowest BCUT2D eigenvalue weighted by atomic mass is 9.94. The first-order valence-electron chi connectivity index (χ1n) is 7.08. The highest BCUT2D eigenvalue weighted by atomic mass is 32.1. The predicted octanol–water partition coefficient (Wildman–Crippen LogP) is 3.73. The lowest BCUT2D eigenvalue weighted by molar-refractivity contribution is 0.167. The van der Waals surface area contributed by atoms with Crippen LogP contribution in [-0.4, -0.2) is 11.7 Å². The monoisotopic (exact) mass is 309 g/mol. The van der Waals surface area contributed by atoms with E-state index in [1.54, 1.807) is 11.3 Å². The van der Waals surface area contributed by atoms with Crippen LogP contribution in [0.3, 0.4) is 0 Å². The fourth-order valence-corrected chi connectivity index (χ4v) is 3.78. The van der Waals surface area contributed by atoms with E-state index in [1.165, 1.54) is 16.5 Å². The van der Waals surface area contributed by atoms with Gasteiger partial charge in [-0.15, -0.1) is 11.3 Å². The van der Waals surface area contributed by atoms with Crippen LogP contribution < -0.4 is 5.32 Å². The van der Waals surface area contributed by atoms with E-state index in [0.29, 0.717) is 12.1 Å². The third-order valence-electron chi connectivity index (χ3n) is 3.94. The highest BCUT2D eigenvalue weighted by Gasteiger charge is 2.21. The fraction of sp³-hybridized carbons (Fsp3) is 0.375. The Morgan fingerprint density at radius 2 is 2.14 bits per heavy atom. The van der Waals surface area contributed by atoms with E-state index in [9.17, 15) is 13.9 Å². The Morgan fingerprint density at radius 1 is 1.29 bits per heavy atom. The molecular weight excluding hydrogens is 292 g/mol. The van der Waals surface area contributed by atoms with Crippen molar-refractivity contribution in [2.45, 2.75) is 31.4 Å². The van der Waals surface area contributed by atoms with Crippen LogP contribution in [0.4, 0.5) is 8.78 Å². The van der Waals surface area contributed by atoms with E-state index >= 15 is 0 Å². The minimum Gasteiger partial charge on any atom is -0.387 e. The molecule has 0 amide bonds. The van der Waals surface area contributed by atoms with E-state index in [-0.39, 0.29) is 6.04 Å². The van der Waals surface area contributed by atoms with Crippen LogP contribution in [0.15, 0.2) is 29.6 Å². The van der Waals surface area contributed by atoms with Gasteiger partial charge in [0.2, 0.25) is 0 Å². The normalized spacial score (nSPS) is 19.3. The standard InChI is InChI=1S/C16H17F2NOS/c17-12-5-4-10(8-13(12)18)15(20)9-19-14-2-1-3-16-11(14)6-7-21-16/h4-8,14-15,19-20H,1-3,9H2. The Labute approximate surface area is 126 Å². The maximum Gasteiger partial charge on any atom is 0.159 e. The van der Waals surface area contributed by atoms with Crippen molar-refractivity contribution in [3.05, 3.63) is 57.3 Å². The number of aryl methyl sites for hydroxylation is 1. The number of hydrogen-bond acceptors (Lipinski definition) is 3. The molecule has 1 aromatic carbocycles. The molecule has 0 saturated carbocycles. The highest BCUT2D eigenvalue weighted by molar-refractivity contribution is 7.10. The number of rotatable bonds is 4. The molecule has 2 nitrogen and oxygen atoms in total.